The molecule has 1 spiro atoms. The van der Waals surface area contributed by atoms with Gasteiger partial charge in [-0.3, -0.25) is 15.0 Å². The van der Waals surface area contributed by atoms with E-state index in [1.54, 1.807) is 0 Å². The van der Waals surface area contributed by atoms with E-state index >= 15 is 0 Å². The first-order valence-electron chi connectivity index (χ1n) is 7.25. The molecule has 0 radical (unpaired) electrons. The van der Waals surface area contributed by atoms with E-state index in [0.717, 1.165) is 19.3 Å². The summed E-state index contributed by atoms with van der Waals surface area (Å²) in [5.74, 6) is -0.260. The highest BCUT2D eigenvalue weighted by molar-refractivity contribution is 6.34. The van der Waals surface area contributed by atoms with Crippen molar-refractivity contribution in [3.05, 3.63) is 33.5 Å². The fraction of sp³-hybridized carbons (Fsp3) is 0.308. The van der Waals surface area contributed by atoms with Crippen molar-refractivity contribution in [2.45, 2.75) is 24.9 Å². The van der Waals surface area contributed by atoms with Crippen LogP contribution in [0.4, 0.5) is 17.6 Å². The SMILES string of the molecule is Nc1ncnc(Nc2cc(Cl)c3n(c2=O)NC2(CCC2)NC3=O)n1. The lowest BCUT2D eigenvalue weighted by molar-refractivity contribution is 0.0790. The molecule has 0 bridgehead atoms. The molecule has 0 aromatic carbocycles. The highest BCUT2D eigenvalue weighted by Gasteiger charge is 2.44. The van der Waals surface area contributed by atoms with Gasteiger partial charge in [-0.25, -0.2) is 14.6 Å². The summed E-state index contributed by atoms with van der Waals surface area (Å²) in [6.45, 7) is 0. The van der Waals surface area contributed by atoms with Crippen LogP contribution >= 0.6 is 11.6 Å². The molecule has 1 amide bonds. The zero-order chi connectivity index (χ0) is 16.9. The van der Waals surface area contributed by atoms with Crippen molar-refractivity contribution < 1.29 is 4.79 Å². The Morgan fingerprint density at radius 3 is 2.79 bits per heavy atom. The van der Waals surface area contributed by atoms with Crippen LogP contribution in [0, 0.1) is 0 Å². The third-order valence-corrected chi connectivity index (χ3v) is 4.38. The summed E-state index contributed by atoms with van der Waals surface area (Å²) in [5.41, 5.74) is 7.68. The van der Waals surface area contributed by atoms with Crippen molar-refractivity contribution in [2.24, 2.45) is 0 Å². The van der Waals surface area contributed by atoms with Gasteiger partial charge < -0.3 is 16.4 Å². The van der Waals surface area contributed by atoms with E-state index in [1.807, 2.05) is 0 Å². The smallest absolute Gasteiger partial charge is 0.293 e. The van der Waals surface area contributed by atoms with Crippen LogP contribution in [0.2, 0.25) is 5.02 Å². The molecular formula is C13H13ClN8O2. The number of carbonyl (C=O) groups is 1. The fourth-order valence-electron chi connectivity index (χ4n) is 2.77. The number of nitrogen functional groups attached to an aromatic ring is 1. The molecule has 2 aliphatic rings. The summed E-state index contributed by atoms with van der Waals surface area (Å²) < 4.78 is 1.17. The Labute approximate surface area is 140 Å². The number of anilines is 3. The minimum absolute atomic E-state index is 0.0163. The van der Waals surface area contributed by atoms with E-state index in [0.29, 0.717) is 0 Å². The molecule has 0 unspecified atom stereocenters. The first-order chi connectivity index (χ1) is 11.5. The average Bonchev–Trinajstić information content (AvgIpc) is 2.50. The zero-order valence-corrected chi connectivity index (χ0v) is 13.1. The second-order valence-electron chi connectivity index (χ2n) is 5.69. The summed E-state index contributed by atoms with van der Waals surface area (Å²) in [7, 11) is 0. The predicted octanol–water partition coefficient (Wildman–Crippen LogP) is 0.180. The minimum Gasteiger partial charge on any atom is -0.368 e. The lowest BCUT2D eigenvalue weighted by Gasteiger charge is -2.47. The van der Waals surface area contributed by atoms with Gasteiger partial charge in [0.1, 0.15) is 23.4 Å². The number of hydrogen-bond acceptors (Lipinski definition) is 8. The Hall–Kier alpha value is -2.88. The molecule has 3 heterocycles. The highest BCUT2D eigenvalue weighted by atomic mass is 35.5. The summed E-state index contributed by atoms with van der Waals surface area (Å²) in [4.78, 5) is 36.5. The maximum atomic E-state index is 12.7. The van der Waals surface area contributed by atoms with Crippen molar-refractivity contribution in [3.8, 4) is 0 Å². The maximum absolute atomic E-state index is 12.7. The van der Waals surface area contributed by atoms with Gasteiger partial charge in [-0.15, -0.1) is 0 Å². The molecule has 0 saturated heterocycles. The van der Waals surface area contributed by atoms with Gasteiger partial charge in [0, 0.05) is 0 Å². The van der Waals surface area contributed by atoms with Crippen LogP contribution in [0.15, 0.2) is 17.2 Å². The molecule has 11 heteroatoms. The minimum atomic E-state index is -0.590. The van der Waals surface area contributed by atoms with Gasteiger partial charge in [0.2, 0.25) is 11.9 Å². The first kappa shape index (κ1) is 14.7. The molecule has 10 nitrogen and oxygen atoms in total. The molecule has 0 atom stereocenters. The lowest BCUT2D eigenvalue weighted by Crippen LogP contribution is -2.67. The Balaban J connectivity index is 1.78. The van der Waals surface area contributed by atoms with Crippen LogP contribution in [0.1, 0.15) is 29.8 Å². The van der Waals surface area contributed by atoms with Gasteiger partial charge >= 0.3 is 0 Å². The number of carbonyl (C=O) groups excluding carboxylic acids is 1. The second-order valence-corrected chi connectivity index (χ2v) is 6.10. The summed E-state index contributed by atoms with van der Waals surface area (Å²) in [6, 6.07) is 1.36. The number of amides is 1. The van der Waals surface area contributed by atoms with E-state index in [-0.39, 0.29) is 34.2 Å². The fourth-order valence-corrected chi connectivity index (χ4v) is 3.05. The number of nitrogens with zero attached hydrogens (tertiary/aromatic N) is 4. The van der Waals surface area contributed by atoms with Crippen LogP contribution in [0.5, 0.6) is 0 Å². The standard InChI is InChI=1S/C13H13ClN8O2/c14-6-4-7(18-12-17-5-16-11(15)19-12)10(24)22-8(6)9(23)20-13(21-22)2-1-3-13/h4-5,21H,1-3H2,(H,20,23)(H3,15,16,17,18,19). The van der Waals surface area contributed by atoms with Gasteiger partial charge in [-0.1, -0.05) is 11.6 Å². The number of hydrogen-bond donors (Lipinski definition) is 4. The van der Waals surface area contributed by atoms with Gasteiger partial charge in [0.05, 0.1) is 5.02 Å². The van der Waals surface area contributed by atoms with Gasteiger partial charge in [0.25, 0.3) is 11.5 Å². The maximum Gasteiger partial charge on any atom is 0.293 e. The van der Waals surface area contributed by atoms with Gasteiger partial charge in [0.15, 0.2) is 0 Å². The largest absolute Gasteiger partial charge is 0.368 e. The first-order valence-corrected chi connectivity index (χ1v) is 7.63. The number of rotatable bonds is 2. The van der Waals surface area contributed by atoms with E-state index in [9.17, 15) is 9.59 Å². The van der Waals surface area contributed by atoms with E-state index in [4.69, 9.17) is 17.3 Å². The lowest BCUT2D eigenvalue weighted by atomic mass is 9.84. The van der Waals surface area contributed by atoms with Crippen molar-refractivity contribution in [1.29, 1.82) is 0 Å². The molecule has 2 aromatic rings. The quantitative estimate of drug-likeness (QED) is 0.602. The summed E-state index contributed by atoms with van der Waals surface area (Å²) in [5, 5.41) is 5.74. The second kappa shape index (κ2) is 5.06. The number of nitrogens with two attached hydrogens (primary N) is 1. The number of fused-ring (bicyclic) bond motifs is 1. The Kier molecular flexibility index (Phi) is 3.10. The molecule has 4 rings (SSSR count). The predicted molar refractivity (Wildman–Crippen MR) is 86.6 cm³/mol. The van der Waals surface area contributed by atoms with E-state index in [1.165, 1.54) is 17.1 Å². The van der Waals surface area contributed by atoms with Crippen LogP contribution in [0.25, 0.3) is 0 Å². The number of aromatic nitrogens is 4. The normalized spacial score (nSPS) is 17.5. The molecule has 5 N–H and O–H groups in total. The molecule has 1 saturated carbocycles. The third-order valence-electron chi connectivity index (χ3n) is 4.09. The van der Waals surface area contributed by atoms with Crippen LogP contribution in [-0.4, -0.2) is 31.2 Å². The molecule has 124 valence electrons. The molecule has 1 aliphatic carbocycles. The monoisotopic (exact) mass is 348 g/mol. The van der Waals surface area contributed by atoms with E-state index < -0.39 is 11.2 Å². The Bertz CT molecular complexity index is 907. The topological polar surface area (TPSA) is 140 Å². The molecule has 24 heavy (non-hydrogen) atoms. The Morgan fingerprint density at radius 2 is 2.12 bits per heavy atom. The molecule has 1 aliphatic heterocycles. The van der Waals surface area contributed by atoms with E-state index in [2.05, 4.69) is 31.0 Å². The Morgan fingerprint density at radius 1 is 1.33 bits per heavy atom. The van der Waals surface area contributed by atoms with Crippen LogP contribution in [-0.2, 0) is 0 Å². The molecule has 2 aromatic heterocycles. The van der Waals surface area contributed by atoms with Crippen molar-refractivity contribution in [3.63, 3.8) is 0 Å². The van der Waals surface area contributed by atoms with Crippen LogP contribution in [0.3, 0.4) is 0 Å². The summed E-state index contributed by atoms with van der Waals surface area (Å²) in [6.07, 6.45) is 3.66. The van der Waals surface area contributed by atoms with Crippen molar-refractivity contribution in [1.82, 2.24) is 24.9 Å². The van der Waals surface area contributed by atoms with Crippen molar-refractivity contribution in [2.75, 3.05) is 16.5 Å². The van der Waals surface area contributed by atoms with Gasteiger partial charge in [-0.05, 0) is 25.3 Å². The third kappa shape index (κ3) is 2.22. The van der Waals surface area contributed by atoms with Gasteiger partial charge in [-0.2, -0.15) is 4.98 Å². The van der Waals surface area contributed by atoms with Crippen LogP contribution < -0.4 is 27.4 Å². The number of pyridine rings is 1. The molecule has 1 fully saturated rings. The highest BCUT2D eigenvalue weighted by Crippen LogP contribution is 2.33. The summed E-state index contributed by atoms with van der Waals surface area (Å²) >= 11 is 6.19. The van der Waals surface area contributed by atoms with Crippen molar-refractivity contribution >= 4 is 35.1 Å². The average molecular weight is 349 g/mol. The zero-order valence-electron chi connectivity index (χ0n) is 12.3. The number of nitrogens with one attached hydrogen (secondary N) is 3. The number of halogens is 1. The molecular weight excluding hydrogens is 336 g/mol.